The maximum absolute atomic E-state index is 11.4. The van der Waals surface area contributed by atoms with Crippen LogP contribution < -0.4 is 0 Å². The SMILES string of the molecule is COCCCSc1cc(C#N)ccc1C(C)=O. The Hall–Kier alpha value is -1.31. The second-order valence-electron chi connectivity index (χ2n) is 3.57. The molecule has 0 bridgehead atoms. The van der Waals surface area contributed by atoms with Crippen molar-refractivity contribution >= 4 is 17.5 Å². The molecule has 0 heterocycles. The highest BCUT2D eigenvalue weighted by atomic mass is 32.2. The summed E-state index contributed by atoms with van der Waals surface area (Å²) in [5, 5.41) is 8.84. The zero-order valence-corrected chi connectivity index (χ0v) is 10.8. The van der Waals surface area contributed by atoms with E-state index in [0.29, 0.717) is 17.7 Å². The third kappa shape index (κ3) is 4.22. The van der Waals surface area contributed by atoms with Crippen molar-refractivity contribution in [2.45, 2.75) is 18.2 Å². The van der Waals surface area contributed by atoms with Crippen LogP contribution in [-0.2, 0) is 4.74 Å². The fourth-order valence-electron chi connectivity index (χ4n) is 1.39. The van der Waals surface area contributed by atoms with Gasteiger partial charge in [0.15, 0.2) is 5.78 Å². The molecule has 1 aromatic carbocycles. The minimum Gasteiger partial charge on any atom is -0.385 e. The van der Waals surface area contributed by atoms with Crippen LogP contribution in [0.4, 0.5) is 0 Å². The first kappa shape index (κ1) is 13.8. The lowest BCUT2D eigenvalue weighted by Gasteiger charge is -2.06. The maximum Gasteiger partial charge on any atom is 0.160 e. The lowest BCUT2D eigenvalue weighted by Crippen LogP contribution is -1.97. The molecule has 1 rings (SSSR count). The van der Waals surface area contributed by atoms with Gasteiger partial charge in [-0.2, -0.15) is 5.26 Å². The van der Waals surface area contributed by atoms with Crippen molar-refractivity contribution in [2.75, 3.05) is 19.5 Å². The molecule has 4 heteroatoms. The number of rotatable bonds is 6. The third-order valence-corrected chi connectivity index (χ3v) is 3.38. The van der Waals surface area contributed by atoms with Crippen molar-refractivity contribution in [1.82, 2.24) is 0 Å². The van der Waals surface area contributed by atoms with E-state index in [1.54, 1.807) is 44.0 Å². The van der Waals surface area contributed by atoms with Crippen LogP contribution in [0.25, 0.3) is 0 Å². The van der Waals surface area contributed by atoms with Crippen LogP contribution in [0, 0.1) is 11.3 Å². The molecule has 0 aliphatic carbocycles. The van der Waals surface area contributed by atoms with Crippen LogP contribution in [-0.4, -0.2) is 25.3 Å². The van der Waals surface area contributed by atoms with Gasteiger partial charge in [0.25, 0.3) is 0 Å². The van der Waals surface area contributed by atoms with Crippen LogP contribution in [0.2, 0.25) is 0 Å². The van der Waals surface area contributed by atoms with Crippen LogP contribution in [0.3, 0.4) is 0 Å². The fourth-order valence-corrected chi connectivity index (χ4v) is 2.45. The molecule has 0 saturated carbocycles. The summed E-state index contributed by atoms with van der Waals surface area (Å²) in [6.45, 7) is 2.25. The summed E-state index contributed by atoms with van der Waals surface area (Å²) in [5.74, 6) is 0.909. The van der Waals surface area contributed by atoms with Gasteiger partial charge in [0.05, 0.1) is 11.6 Å². The van der Waals surface area contributed by atoms with Crippen LogP contribution in [0.15, 0.2) is 23.1 Å². The Labute approximate surface area is 106 Å². The van der Waals surface area contributed by atoms with Crippen molar-refractivity contribution < 1.29 is 9.53 Å². The number of ketones is 1. The molecule has 0 spiro atoms. The van der Waals surface area contributed by atoms with Crippen molar-refractivity contribution in [2.24, 2.45) is 0 Å². The predicted molar refractivity (Wildman–Crippen MR) is 68.4 cm³/mol. The Kier molecular flexibility index (Phi) is 5.75. The minimum absolute atomic E-state index is 0.0312. The number of Topliss-reactive ketones (excluding diaryl/α,β-unsaturated/α-hetero) is 1. The van der Waals surface area contributed by atoms with Crippen molar-refractivity contribution in [1.29, 1.82) is 5.26 Å². The van der Waals surface area contributed by atoms with Crippen LogP contribution in [0.5, 0.6) is 0 Å². The number of ether oxygens (including phenoxy) is 1. The van der Waals surface area contributed by atoms with Crippen LogP contribution >= 0.6 is 11.8 Å². The average molecular weight is 249 g/mol. The number of thioether (sulfide) groups is 1. The van der Waals surface area contributed by atoms with Gasteiger partial charge in [0.2, 0.25) is 0 Å². The lowest BCUT2D eigenvalue weighted by atomic mass is 10.1. The normalized spacial score (nSPS) is 9.94. The van der Waals surface area contributed by atoms with Gasteiger partial charge in [0.1, 0.15) is 0 Å². The quantitative estimate of drug-likeness (QED) is 0.442. The Balaban J connectivity index is 2.79. The van der Waals surface area contributed by atoms with Gasteiger partial charge < -0.3 is 4.74 Å². The molecule has 0 radical (unpaired) electrons. The average Bonchev–Trinajstić information content (AvgIpc) is 2.34. The standard InChI is InChI=1S/C13H15NO2S/c1-10(15)12-5-4-11(9-14)8-13(12)17-7-3-6-16-2/h4-5,8H,3,6-7H2,1-2H3. The number of nitriles is 1. The minimum atomic E-state index is 0.0312. The largest absolute Gasteiger partial charge is 0.385 e. The van der Waals surface area contributed by atoms with Gasteiger partial charge in [-0.3, -0.25) is 4.79 Å². The molecule has 0 N–H and O–H groups in total. The molecular formula is C13H15NO2S. The summed E-state index contributed by atoms with van der Waals surface area (Å²) in [4.78, 5) is 12.3. The van der Waals surface area contributed by atoms with Crippen LogP contribution in [0.1, 0.15) is 29.3 Å². The number of carbonyl (C=O) groups excluding carboxylic acids is 1. The summed E-state index contributed by atoms with van der Waals surface area (Å²) >= 11 is 1.59. The van der Waals surface area contributed by atoms with Crippen molar-refractivity contribution in [3.63, 3.8) is 0 Å². The molecule has 0 saturated heterocycles. The van der Waals surface area contributed by atoms with E-state index >= 15 is 0 Å². The van der Waals surface area contributed by atoms with E-state index in [1.165, 1.54) is 0 Å². The van der Waals surface area contributed by atoms with Gasteiger partial charge >= 0.3 is 0 Å². The summed E-state index contributed by atoms with van der Waals surface area (Å²) in [6.07, 6.45) is 0.926. The summed E-state index contributed by atoms with van der Waals surface area (Å²) in [6, 6.07) is 7.26. The molecule has 0 amide bonds. The summed E-state index contributed by atoms with van der Waals surface area (Å²) in [7, 11) is 1.67. The van der Waals surface area contributed by atoms with E-state index in [2.05, 4.69) is 6.07 Å². The Morgan fingerprint density at radius 1 is 1.53 bits per heavy atom. The molecule has 0 atom stereocenters. The maximum atomic E-state index is 11.4. The molecule has 17 heavy (non-hydrogen) atoms. The zero-order valence-electron chi connectivity index (χ0n) is 10.0. The highest BCUT2D eigenvalue weighted by Crippen LogP contribution is 2.25. The molecule has 3 nitrogen and oxygen atoms in total. The van der Waals surface area contributed by atoms with Gasteiger partial charge in [0, 0.05) is 29.9 Å². The number of carbonyl (C=O) groups is 1. The van der Waals surface area contributed by atoms with Gasteiger partial charge in [-0.25, -0.2) is 0 Å². The molecule has 0 unspecified atom stereocenters. The van der Waals surface area contributed by atoms with E-state index in [9.17, 15) is 4.79 Å². The van der Waals surface area contributed by atoms with E-state index in [0.717, 1.165) is 17.1 Å². The van der Waals surface area contributed by atoms with E-state index < -0.39 is 0 Å². The van der Waals surface area contributed by atoms with E-state index in [4.69, 9.17) is 10.00 Å². The Bertz CT molecular complexity index is 438. The van der Waals surface area contributed by atoms with Gasteiger partial charge in [-0.1, -0.05) is 0 Å². The second-order valence-corrected chi connectivity index (χ2v) is 4.71. The fraction of sp³-hybridized carbons (Fsp3) is 0.385. The smallest absolute Gasteiger partial charge is 0.160 e. The lowest BCUT2D eigenvalue weighted by molar-refractivity contribution is 0.101. The second kappa shape index (κ2) is 7.10. The number of benzene rings is 1. The van der Waals surface area contributed by atoms with Crippen molar-refractivity contribution in [3.05, 3.63) is 29.3 Å². The molecule has 0 aromatic heterocycles. The molecule has 90 valence electrons. The number of hydrogen-bond acceptors (Lipinski definition) is 4. The number of hydrogen-bond donors (Lipinski definition) is 0. The summed E-state index contributed by atoms with van der Waals surface area (Å²) < 4.78 is 4.97. The highest BCUT2D eigenvalue weighted by Gasteiger charge is 2.08. The van der Waals surface area contributed by atoms with Crippen molar-refractivity contribution in [3.8, 4) is 6.07 Å². The van der Waals surface area contributed by atoms with Gasteiger partial charge in [-0.05, 0) is 31.5 Å². The Morgan fingerprint density at radius 2 is 2.29 bits per heavy atom. The summed E-state index contributed by atoms with van der Waals surface area (Å²) in [5.41, 5.74) is 1.27. The molecule has 1 aromatic rings. The molecule has 0 aliphatic rings. The van der Waals surface area contributed by atoms with E-state index in [1.807, 2.05) is 0 Å². The van der Waals surface area contributed by atoms with E-state index in [-0.39, 0.29) is 5.78 Å². The number of nitrogens with zero attached hydrogens (tertiary/aromatic N) is 1. The first-order valence-electron chi connectivity index (χ1n) is 5.36. The topological polar surface area (TPSA) is 50.1 Å². The number of methoxy groups -OCH3 is 1. The first-order chi connectivity index (χ1) is 8.19. The van der Waals surface area contributed by atoms with Gasteiger partial charge in [-0.15, -0.1) is 11.8 Å². The molecular weight excluding hydrogens is 234 g/mol. The predicted octanol–water partition coefficient (Wildman–Crippen LogP) is 2.89. The molecule has 0 aliphatic heterocycles. The Morgan fingerprint density at radius 3 is 2.88 bits per heavy atom. The third-order valence-electron chi connectivity index (χ3n) is 2.24. The highest BCUT2D eigenvalue weighted by molar-refractivity contribution is 7.99. The zero-order chi connectivity index (χ0) is 12.7. The first-order valence-corrected chi connectivity index (χ1v) is 6.34. The molecule has 0 fully saturated rings. The monoisotopic (exact) mass is 249 g/mol.